The number of amides is 1. The first kappa shape index (κ1) is 21.2. The molecule has 0 radical (unpaired) electrons. The van der Waals surface area contributed by atoms with Gasteiger partial charge in [0.1, 0.15) is 29.0 Å². The first-order chi connectivity index (χ1) is 15.4. The summed E-state index contributed by atoms with van der Waals surface area (Å²) in [6.45, 7) is 2.82. The van der Waals surface area contributed by atoms with Crippen LogP contribution in [-0.2, 0) is 0 Å². The van der Waals surface area contributed by atoms with Crippen molar-refractivity contribution in [2.75, 3.05) is 13.1 Å². The van der Waals surface area contributed by atoms with Crippen LogP contribution in [0.15, 0.2) is 39.5 Å². The van der Waals surface area contributed by atoms with E-state index in [9.17, 15) is 19.1 Å². The smallest absolute Gasteiger partial charge is 0.349 e. The first-order valence-electron chi connectivity index (χ1n) is 11.4. The van der Waals surface area contributed by atoms with Gasteiger partial charge in [-0.25, -0.2) is 9.18 Å². The molecule has 2 heterocycles. The van der Waals surface area contributed by atoms with Crippen LogP contribution in [0.1, 0.15) is 59.7 Å². The molecule has 32 heavy (non-hydrogen) atoms. The Morgan fingerprint density at radius 1 is 1.16 bits per heavy atom. The fourth-order valence-corrected chi connectivity index (χ4v) is 5.31. The summed E-state index contributed by atoms with van der Waals surface area (Å²) in [6.07, 6.45) is 3.23. The molecule has 0 bridgehead atoms. The van der Waals surface area contributed by atoms with E-state index in [-0.39, 0.29) is 29.1 Å². The number of aliphatic hydroxyl groups excluding tert-OH is 1. The van der Waals surface area contributed by atoms with Crippen molar-refractivity contribution in [2.24, 2.45) is 11.8 Å². The number of fused-ring (bicyclic) bond motifs is 1. The minimum Gasteiger partial charge on any atom is -0.488 e. The van der Waals surface area contributed by atoms with Crippen LogP contribution in [0, 0.1) is 24.6 Å². The third-order valence-electron chi connectivity index (χ3n) is 7.36. The first-order valence-corrected chi connectivity index (χ1v) is 11.4. The van der Waals surface area contributed by atoms with Crippen LogP contribution < -0.4 is 10.4 Å². The Labute approximate surface area is 186 Å². The molecule has 2 saturated carbocycles. The fraction of sp³-hybridized carbons (Fsp3) is 0.520. The Hall–Kier alpha value is -2.67. The number of aliphatic hydroxyl groups is 1. The molecule has 2 aromatic rings. The maximum absolute atomic E-state index is 13.2. The van der Waals surface area contributed by atoms with Crippen molar-refractivity contribution >= 4 is 5.91 Å². The third-order valence-corrected chi connectivity index (χ3v) is 7.36. The molecule has 1 amide bonds. The van der Waals surface area contributed by atoms with Gasteiger partial charge in [0.05, 0.1) is 6.10 Å². The van der Waals surface area contributed by atoms with Gasteiger partial charge in [-0.05, 0) is 80.3 Å². The molecular formula is C25H28FNO5. The quantitative estimate of drug-likeness (QED) is 0.784. The molecule has 0 spiro atoms. The van der Waals surface area contributed by atoms with Crippen LogP contribution in [0.25, 0.3) is 0 Å². The monoisotopic (exact) mass is 441 g/mol. The average Bonchev–Trinajstić information content (AvgIpc) is 3.11. The molecule has 1 aromatic carbocycles. The van der Waals surface area contributed by atoms with Crippen LogP contribution in [0.5, 0.6) is 5.75 Å². The summed E-state index contributed by atoms with van der Waals surface area (Å²) in [6, 6.07) is 7.60. The molecule has 2 aliphatic carbocycles. The Balaban J connectivity index is 1.28. The van der Waals surface area contributed by atoms with Crippen molar-refractivity contribution < 1.29 is 23.4 Å². The predicted octanol–water partition coefficient (Wildman–Crippen LogP) is 3.65. The molecule has 170 valence electrons. The van der Waals surface area contributed by atoms with Crippen molar-refractivity contribution in [1.82, 2.24) is 4.90 Å². The van der Waals surface area contributed by atoms with Gasteiger partial charge in [0.2, 0.25) is 0 Å². The molecule has 4 atom stereocenters. The molecule has 1 aromatic heterocycles. The van der Waals surface area contributed by atoms with Gasteiger partial charge in [0.15, 0.2) is 0 Å². The lowest BCUT2D eigenvalue weighted by molar-refractivity contribution is -0.0231. The highest BCUT2D eigenvalue weighted by Gasteiger charge is 2.44. The molecule has 0 unspecified atom stereocenters. The van der Waals surface area contributed by atoms with Crippen molar-refractivity contribution in [2.45, 2.75) is 57.2 Å². The fourth-order valence-electron chi connectivity index (χ4n) is 5.31. The number of nitrogens with zero attached hydrogens (tertiary/aromatic N) is 1. The number of benzene rings is 1. The second-order valence-corrected chi connectivity index (χ2v) is 9.50. The molecule has 3 fully saturated rings. The lowest BCUT2D eigenvalue weighted by Gasteiger charge is -2.35. The molecular weight excluding hydrogens is 413 g/mol. The molecule has 5 rings (SSSR count). The lowest BCUT2D eigenvalue weighted by Crippen LogP contribution is -2.42. The zero-order valence-electron chi connectivity index (χ0n) is 18.1. The second kappa shape index (κ2) is 8.35. The molecule has 1 N–H and O–H groups in total. The number of hydrogen-bond donors (Lipinski definition) is 1. The van der Waals surface area contributed by atoms with E-state index in [1.807, 2.05) is 6.07 Å². The van der Waals surface area contributed by atoms with Gasteiger partial charge in [-0.1, -0.05) is 6.42 Å². The normalized spacial score (nSPS) is 27.7. The van der Waals surface area contributed by atoms with E-state index >= 15 is 0 Å². The number of carbonyl (C=O) groups is 1. The minimum atomic E-state index is -0.662. The Morgan fingerprint density at radius 3 is 2.47 bits per heavy atom. The van der Waals surface area contributed by atoms with Crippen molar-refractivity contribution in [3.8, 4) is 5.75 Å². The van der Waals surface area contributed by atoms with Crippen LogP contribution in [0.4, 0.5) is 4.39 Å². The largest absolute Gasteiger partial charge is 0.488 e. The highest BCUT2D eigenvalue weighted by atomic mass is 19.1. The number of likely N-dealkylation sites (tertiary alicyclic amines) is 1. The van der Waals surface area contributed by atoms with Gasteiger partial charge in [-0.3, -0.25) is 4.79 Å². The molecule has 3 aliphatic rings. The summed E-state index contributed by atoms with van der Waals surface area (Å²) in [5, 5.41) is 10.6. The molecule has 1 saturated heterocycles. The maximum atomic E-state index is 13.2. The van der Waals surface area contributed by atoms with Gasteiger partial charge < -0.3 is 19.2 Å². The van der Waals surface area contributed by atoms with Crippen LogP contribution in [0.2, 0.25) is 0 Å². The van der Waals surface area contributed by atoms with E-state index < -0.39 is 17.8 Å². The van der Waals surface area contributed by atoms with Gasteiger partial charge in [0.25, 0.3) is 5.91 Å². The number of aryl methyl sites for hydroxylation is 1. The van der Waals surface area contributed by atoms with Gasteiger partial charge >= 0.3 is 5.63 Å². The number of hydrogen-bond acceptors (Lipinski definition) is 5. The predicted molar refractivity (Wildman–Crippen MR) is 115 cm³/mol. The summed E-state index contributed by atoms with van der Waals surface area (Å²) in [7, 11) is 0. The maximum Gasteiger partial charge on any atom is 0.349 e. The number of halogens is 1. The molecule has 1 aliphatic heterocycles. The number of rotatable bonds is 4. The lowest BCUT2D eigenvalue weighted by atomic mass is 9.78. The summed E-state index contributed by atoms with van der Waals surface area (Å²) in [5.74, 6) is 1.19. The van der Waals surface area contributed by atoms with Gasteiger partial charge in [0, 0.05) is 19.0 Å². The van der Waals surface area contributed by atoms with E-state index in [0.29, 0.717) is 48.9 Å². The van der Waals surface area contributed by atoms with Crippen LogP contribution in [0.3, 0.4) is 0 Å². The zero-order chi connectivity index (χ0) is 22.4. The standard InChI is InChI=1S/C25H28FNO5/c1-14-9-21(15-3-2-4-15)32-25(30)23(14)24(29)27-12-16-10-20(28)22(11-17(16)13-27)31-19-7-5-18(26)6-8-19/h5-9,15-17,20,22,28H,2-4,10-13H2,1H3/t16-,17+,20+,22+/m0/s1. The van der Waals surface area contributed by atoms with Gasteiger partial charge in [-0.15, -0.1) is 0 Å². The van der Waals surface area contributed by atoms with E-state index in [1.54, 1.807) is 24.0 Å². The third kappa shape index (κ3) is 3.94. The number of carbonyl (C=O) groups excluding carboxylic acids is 1. The SMILES string of the molecule is Cc1cc(C2CCC2)oc(=O)c1C(=O)N1C[C@H]2C[C@@H](Oc3ccc(F)cc3)[C@H](O)C[C@H]2C1. The van der Waals surface area contributed by atoms with Crippen molar-refractivity contribution in [3.05, 3.63) is 63.5 Å². The Kier molecular flexibility index (Phi) is 5.53. The Bertz CT molecular complexity index is 1060. The van der Waals surface area contributed by atoms with E-state index in [1.165, 1.54) is 12.1 Å². The van der Waals surface area contributed by atoms with Crippen LogP contribution >= 0.6 is 0 Å². The summed E-state index contributed by atoms with van der Waals surface area (Å²) < 4.78 is 24.6. The van der Waals surface area contributed by atoms with Crippen molar-refractivity contribution in [3.63, 3.8) is 0 Å². The second-order valence-electron chi connectivity index (χ2n) is 9.50. The summed E-state index contributed by atoms with van der Waals surface area (Å²) in [4.78, 5) is 27.6. The highest BCUT2D eigenvalue weighted by molar-refractivity contribution is 5.95. The molecule has 6 nitrogen and oxygen atoms in total. The van der Waals surface area contributed by atoms with Gasteiger partial charge in [-0.2, -0.15) is 0 Å². The average molecular weight is 441 g/mol. The molecule has 7 heteroatoms. The van der Waals surface area contributed by atoms with E-state index in [4.69, 9.17) is 9.15 Å². The highest BCUT2D eigenvalue weighted by Crippen LogP contribution is 2.39. The summed E-state index contributed by atoms with van der Waals surface area (Å²) >= 11 is 0. The minimum absolute atomic E-state index is 0.117. The van der Waals surface area contributed by atoms with Crippen LogP contribution in [-0.4, -0.2) is 41.2 Å². The van der Waals surface area contributed by atoms with Crippen molar-refractivity contribution in [1.29, 1.82) is 0 Å². The van der Waals surface area contributed by atoms with E-state index in [0.717, 1.165) is 19.3 Å². The Morgan fingerprint density at radius 2 is 1.84 bits per heavy atom. The number of ether oxygens (including phenoxy) is 1. The summed E-state index contributed by atoms with van der Waals surface area (Å²) in [5.41, 5.74) is 0.233. The zero-order valence-corrected chi connectivity index (χ0v) is 18.1. The van der Waals surface area contributed by atoms with E-state index in [2.05, 4.69) is 0 Å². The topological polar surface area (TPSA) is 80.0 Å².